The van der Waals surface area contributed by atoms with Gasteiger partial charge < -0.3 is 12.4 Å². The minimum atomic E-state index is -4.67. The first-order chi connectivity index (χ1) is 3.00. The van der Waals surface area contributed by atoms with Crippen molar-refractivity contribution in [1.29, 1.82) is 0 Å². The molecule has 0 aromatic rings. The van der Waals surface area contributed by atoms with Gasteiger partial charge in [0.05, 0.1) is 0 Å². The molecule has 0 unspecified atom stereocenters. The van der Waals surface area contributed by atoms with E-state index in [0.29, 0.717) is 0 Å². The number of rotatable bonds is 0. The van der Waals surface area contributed by atoms with Crippen LogP contribution in [0, 0.1) is 0 Å². The zero-order valence-corrected chi connectivity index (χ0v) is 7.83. The summed E-state index contributed by atoms with van der Waals surface area (Å²) in [6.07, 6.45) is 0. The Bertz CT molecular complexity index is 97.3. The molecule has 10 heteroatoms. The SMILES string of the molecule is O.O.O=S(=O)(O)O.OO.[H-].[Na+]. The largest absolute Gasteiger partial charge is 1.00 e. The predicted octanol–water partition coefficient (Wildman–Crippen LogP) is -5.17. The van der Waals surface area contributed by atoms with Crippen molar-refractivity contribution in [2.75, 3.05) is 0 Å². The third kappa shape index (κ3) is 1030. The van der Waals surface area contributed by atoms with Gasteiger partial charge in [-0.1, -0.05) is 0 Å². The normalized spacial score (nSPS) is 6.40. The van der Waals surface area contributed by atoms with Crippen LogP contribution in [0.3, 0.4) is 0 Å². The molecule has 0 aliphatic carbocycles. The quantitative estimate of drug-likeness (QED) is 0.129. The summed E-state index contributed by atoms with van der Waals surface area (Å²) in [6.45, 7) is 0. The van der Waals surface area contributed by atoms with Crippen molar-refractivity contribution < 1.29 is 70.0 Å². The van der Waals surface area contributed by atoms with E-state index < -0.39 is 10.4 Å². The van der Waals surface area contributed by atoms with E-state index in [0.717, 1.165) is 0 Å². The van der Waals surface area contributed by atoms with Gasteiger partial charge in [0.15, 0.2) is 0 Å². The average molecular weight is 192 g/mol. The maximum Gasteiger partial charge on any atom is 1.00 e. The van der Waals surface area contributed by atoms with Crippen LogP contribution in [0.2, 0.25) is 0 Å². The molecule has 0 saturated carbocycles. The summed E-state index contributed by atoms with van der Waals surface area (Å²) in [6, 6.07) is 0. The molecule has 0 atom stereocenters. The Morgan fingerprint density at radius 1 is 1.00 bits per heavy atom. The van der Waals surface area contributed by atoms with Gasteiger partial charge in [-0.25, -0.2) is 0 Å². The molecule has 0 amide bonds. The van der Waals surface area contributed by atoms with Crippen LogP contribution in [0.15, 0.2) is 0 Å². The van der Waals surface area contributed by atoms with E-state index in [2.05, 4.69) is 0 Å². The Labute approximate surface area is 80.4 Å². The van der Waals surface area contributed by atoms with Crippen LogP contribution in [0.4, 0.5) is 0 Å². The Morgan fingerprint density at radius 3 is 1.00 bits per heavy atom. The van der Waals surface area contributed by atoms with Crippen LogP contribution < -0.4 is 29.6 Å². The second kappa shape index (κ2) is 16.4. The molecule has 8 nitrogen and oxygen atoms in total. The van der Waals surface area contributed by atoms with Crippen LogP contribution >= 0.6 is 0 Å². The fourth-order valence-corrected chi connectivity index (χ4v) is 0. The van der Waals surface area contributed by atoms with Crippen molar-refractivity contribution in [2.24, 2.45) is 0 Å². The van der Waals surface area contributed by atoms with E-state index in [1.54, 1.807) is 0 Å². The first-order valence-electron chi connectivity index (χ1n) is 0.898. The molecular formula is H9NaO8S. The van der Waals surface area contributed by atoms with Gasteiger partial charge in [-0.15, -0.1) is 0 Å². The van der Waals surface area contributed by atoms with Gasteiger partial charge in [0.2, 0.25) is 0 Å². The molecule has 8 N–H and O–H groups in total. The van der Waals surface area contributed by atoms with Crippen LogP contribution in [0.5, 0.6) is 0 Å². The van der Waals surface area contributed by atoms with Crippen LogP contribution in [-0.4, -0.2) is 39.0 Å². The second-order valence-corrected chi connectivity index (χ2v) is 1.34. The van der Waals surface area contributed by atoms with Crippen molar-refractivity contribution in [3.8, 4) is 0 Å². The fraction of sp³-hybridized carbons (Fsp3) is 0. The zero-order chi connectivity index (χ0) is 6.50. The Morgan fingerprint density at radius 2 is 1.00 bits per heavy atom. The first kappa shape index (κ1) is 31.0. The molecule has 0 bridgehead atoms. The molecule has 0 aromatic heterocycles. The van der Waals surface area contributed by atoms with Crippen molar-refractivity contribution in [3.63, 3.8) is 0 Å². The Hall–Kier alpha value is 0.710. The predicted molar refractivity (Wildman–Crippen MR) is 27.8 cm³/mol. The average Bonchev–Trinajstić information content (AvgIpc) is 1.36. The molecule has 0 rings (SSSR count). The van der Waals surface area contributed by atoms with E-state index in [1.165, 1.54) is 0 Å². The summed E-state index contributed by atoms with van der Waals surface area (Å²) < 4.78 is 31.6. The Balaban J connectivity index is -0.00000000972. The van der Waals surface area contributed by atoms with E-state index >= 15 is 0 Å². The second-order valence-electron chi connectivity index (χ2n) is 0.448. The number of hydrogen-bond acceptors (Lipinski definition) is 4. The topological polar surface area (TPSA) is 178 Å². The number of hydrogen-bond donors (Lipinski definition) is 4. The van der Waals surface area contributed by atoms with Crippen LogP contribution in [0.1, 0.15) is 1.43 Å². The standard InChI is InChI=1S/Na.H2O4S.H2O2.2H2O.H/c;1-5(2,3)4;1-2;;;/h;(H2,1,2,3,4);1-2H;2*1H2;/q+1;;;;;-1. The van der Waals surface area contributed by atoms with Crippen molar-refractivity contribution in [3.05, 3.63) is 0 Å². The van der Waals surface area contributed by atoms with Crippen LogP contribution in [-0.2, 0) is 10.4 Å². The minimum absolute atomic E-state index is 0. The van der Waals surface area contributed by atoms with E-state index in [9.17, 15) is 0 Å². The van der Waals surface area contributed by atoms with Gasteiger partial charge in [0, 0.05) is 0 Å². The van der Waals surface area contributed by atoms with Crippen molar-refractivity contribution >= 4 is 10.4 Å². The summed E-state index contributed by atoms with van der Waals surface area (Å²) in [5.41, 5.74) is 0. The minimum Gasteiger partial charge on any atom is -1.00 e. The molecule has 64 valence electrons. The molecule has 0 heterocycles. The third-order valence-corrected chi connectivity index (χ3v) is 0. The van der Waals surface area contributed by atoms with Gasteiger partial charge >= 0.3 is 40.0 Å². The smallest absolute Gasteiger partial charge is 1.00 e. The van der Waals surface area contributed by atoms with E-state index in [1.807, 2.05) is 0 Å². The molecule has 10 heavy (non-hydrogen) atoms. The molecule has 0 radical (unpaired) electrons. The summed E-state index contributed by atoms with van der Waals surface area (Å²) in [5.74, 6) is 0. The van der Waals surface area contributed by atoms with Gasteiger partial charge in [0.25, 0.3) is 0 Å². The Kier molecular flexibility index (Phi) is 50.7. The summed E-state index contributed by atoms with van der Waals surface area (Å²) >= 11 is 0. The monoisotopic (exact) mass is 192 g/mol. The summed E-state index contributed by atoms with van der Waals surface area (Å²) in [7, 11) is -4.67. The fourth-order valence-electron chi connectivity index (χ4n) is 0. The molecular weight excluding hydrogens is 183 g/mol. The van der Waals surface area contributed by atoms with Gasteiger partial charge in [-0.05, 0) is 0 Å². The first-order valence-corrected chi connectivity index (χ1v) is 2.30. The van der Waals surface area contributed by atoms with Crippen molar-refractivity contribution in [2.45, 2.75) is 0 Å². The summed E-state index contributed by atoms with van der Waals surface area (Å²) in [4.78, 5) is 0. The van der Waals surface area contributed by atoms with E-state index in [-0.39, 0.29) is 41.9 Å². The van der Waals surface area contributed by atoms with Crippen LogP contribution in [0.25, 0.3) is 0 Å². The summed E-state index contributed by atoms with van der Waals surface area (Å²) in [5, 5.41) is 12.0. The van der Waals surface area contributed by atoms with Gasteiger partial charge in [-0.2, -0.15) is 8.42 Å². The van der Waals surface area contributed by atoms with E-state index in [4.69, 9.17) is 28.0 Å². The molecule has 0 spiro atoms. The maximum atomic E-state index is 8.74. The molecule has 0 saturated heterocycles. The molecule has 0 aromatic carbocycles. The molecule has 0 aliphatic heterocycles. The van der Waals surface area contributed by atoms with Gasteiger partial charge in [0.1, 0.15) is 0 Å². The maximum absolute atomic E-state index is 8.74. The molecule has 0 aliphatic rings. The third-order valence-electron chi connectivity index (χ3n) is 0. The van der Waals surface area contributed by atoms with Crippen molar-refractivity contribution in [1.82, 2.24) is 0 Å². The zero-order valence-electron chi connectivity index (χ0n) is 6.01. The van der Waals surface area contributed by atoms with Gasteiger partial charge in [-0.3, -0.25) is 19.6 Å². The molecule has 0 fully saturated rings.